The molecule has 0 spiro atoms. The topological polar surface area (TPSA) is 219 Å². The molecule has 2 unspecified atom stereocenters. The van der Waals surface area contributed by atoms with Gasteiger partial charge in [-0.15, -0.1) is 10.2 Å². The largest absolute Gasteiger partial charge is 0.460 e. The molecule has 69 heavy (non-hydrogen) atoms. The molecule has 5 rings (SSSR count). The summed E-state index contributed by atoms with van der Waals surface area (Å²) in [4.78, 5) is 73.9. The number of cyclic esters (lactones) is 1. The van der Waals surface area contributed by atoms with E-state index in [0.29, 0.717) is 56.9 Å². The van der Waals surface area contributed by atoms with Crippen molar-refractivity contribution in [3.05, 3.63) is 53.9 Å². The van der Waals surface area contributed by atoms with Gasteiger partial charge >= 0.3 is 5.97 Å². The van der Waals surface area contributed by atoms with Gasteiger partial charge in [0.1, 0.15) is 18.2 Å². The van der Waals surface area contributed by atoms with Gasteiger partial charge in [-0.25, -0.2) is 4.79 Å². The summed E-state index contributed by atoms with van der Waals surface area (Å²) in [6.07, 6.45) is 13.7. The molecule has 1 saturated carbocycles. The lowest BCUT2D eigenvalue weighted by Crippen LogP contribution is -2.61. The fourth-order valence-electron chi connectivity index (χ4n) is 10.7. The van der Waals surface area contributed by atoms with E-state index in [1.807, 2.05) is 58.1 Å². The van der Waals surface area contributed by atoms with Crippen LogP contribution in [-0.4, -0.2) is 141 Å². The average molecular weight is 966 g/mol. The number of ketones is 3. The number of methoxy groups -OCH3 is 3. The lowest BCUT2D eigenvalue weighted by Gasteiger charge is -2.42. The highest BCUT2D eigenvalue weighted by Crippen LogP contribution is 2.39. The number of ether oxygens (including phenoxy) is 5. The van der Waals surface area contributed by atoms with Crippen molar-refractivity contribution < 1.29 is 57.9 Å². The number of carbonyl (C=O) groups excluding carboxylic acids is 5. The van der Waals surface area contributed by atoms with Gasteiger partial charge in [-0.2, -0.15) is 4.80 Å². The van der Waals surface area contributed by atoms with Crippen LogP contribution in [0.15, 0.2) is 53.9 Å². The van der Waals surface area contributed by atoms with Gasteiger partial charge in [0.15, 0.2) is 17.9 Å². The zero-order valence-corrected chi connectivity index (χ0v) is 42.5. The SMILES string of the molecule is CO[C@H]1C[C@@H]2CC[C@@H](C)C(O)(O2)C(=O)C(=O)N2CCCC[C@H]2C(=O)O[C@H]([C@H](C)C[C@@H]2CC[C@H](n3ncnn3)[C@H](OC)C2)CC(=O)C(C)=CC(C)[C@@H](O)[C@@H](OC)C(=O)[C@@H](C)C[C@H](C)/C=C/C=CC=C1C. The van der Waals surface area contributed by atoms with Gasteiger partial charge in [-0.1, -0.05) is 71.1 Å². The summed E-state index contributed by atoms with van der Waals surface area (Å²) in [5, 5.41) is 35.7. The molecule has 17 heteroatoms. The minimum Gasteiger partial charge on any atom is -0.460 e. The third kappa shape index (κ3) is 14.2. The lowest BCUT2D eigenvalue weighted by atomic mass is 9.78. The Kier molecular flexibility index (Phi) is 20.8. The van der Waals surface area contributed by atoms with Gasteiger partial charge in [0.25, 0.3) is 11.7 Å². The minimum atomic E-state index is -2.43. The molecular weight excluding hydrogens is 887 g/mol. The Morgan fingerprint density at radius 3 is 2.33 bits per heavy atom. The smallest absolute Gasteiger partial charge is 0.329 e. The second-order valence-electron chi connectivity index (χ2n) is 20.4. The number of hydrogen-bond donors (Lipinski definition) is 2. The Bertz CT molecular complexity index is 2020. The summed E-state index contributed by atoms with van der Waals surface area (Å²) in [6.45, 7) is 12.8. The molecule has 3 aliphatic heterocycles. The molecule has 2 saturated heterocycles. The number of carbonyl (C=O) groups is 5. The standard InChI is InChI=1S/C52H79N5O12/c1-31-16-12-11-13-17-32(2)43(65-8)28-39-21-19-37(7)52(64,69-39)49(61)50(62)56-23-15-14-18-41(56)51(63)68-44(34(4)26-38-20-22-40(45(27-38)66-9)57-54-30-53-55-57)29-42(58)33(3)25-36(6)47(60)48(67-10)46(59)35(5)24-31/h11-13,16-17,25,30-31,34-41,43-45,47-48,60,64H,14-15,18-24,26-29H2,1-10H3/b13-11?,16-12+,32-17?,33-25?/t31-,34-,35+,36?,37-,38+,39+,40+,41+,43+,44+,45-,47-,48+,52?/m1/s1. The molecule has 0 radical (unpaired) electrons. The molecule has 4 aliphatic rings. The Balaban J connectivity index is 1.46. The highest BCUT2D eigenvalue weighted by molar-refractivity contribution is 6.39. The molecular formula is C52H79N5O12. The number of piperidine rings is 1. The number of hydrogen-bond acceptors (Lipinski definition) is 15. The normalized spacial score (nSPS) is 36.8. The van der Waals surface area contributed by atoms with E-state index in [1.54, 1.807) is 45.9 Å². The molecule has 1 aromatic rings. The van der Waals surface area contributed by atoms with E-state index >= 15 is 0 Å². The van der Waals surface area contributed by atoms with Crippen molar-refractivity contribution in [2.75, 3.05) is 27.9 Å². The van der Waals surface area contributed by atoms with Gasteiger partial charge in [-0.05, 0) is 112 Å². The summed E-state index contributed by atoms with van der Waals surface area (Å²) < 4.78 is 29.9. The van der Waals surface area contributed by atoms with Crippen LogP contribution < -0.4 is 0 Å². The zero-order chi connectivity index (χ0) is 50.6. The first-order valence-electron chi connectivity index (χ1n) is 25.0. The molecule has 1 amide bonds. The Morgan fingerprint density at radius 2 is 1.65 bits per heavy atom. The molecule has 3 fully saturated rings. The Hall–Kier alpha value is -4.26. The van der Waals surface area contributed by atoms with Gasteiger partial charge < -0.3 is 38.8 Å². The van der Waals surface area contributed by atoms with E-state index in [1.165, 1.54) is 18.3 Å². The van der Waals surface area contributed by atoms with Crippen LogP contribution in [-0.2, 0) is 47.7 Å². The van der Waals surface area contributed by atoms with Crippen molar-refractivity contribution >= 4 is 29.2 Å². The second-order valence-corrected chi connectivity index (χ2v) is 20.4. The number of aliphatic hydroxyl groups excluding tert-OH is 1. The van der Waals surface area contributed by atoms with Crippen LogP contribution in [0.25, 0.3) is 0 Å². The van der Waals surface area contributed by atoms with Crippen LogP contribution in [0.1, 0.15) is 132 Å². The first kappa shape index (κ1) is 55.7. The van der Waals surface area contributed by atoms with E-state index in [2.05, 4.69) is 15.4 Å². The minimum absolute atomic E-state index is 0.0195. The summed E-state index contributed by atoms with van der Waals surface area (Å²) in [7, 11) is 4.62. The molecule has 1 aromatic heterocycles. The maximum absolute atomic E-state index is 14.5. The number of nitrogens with zero attached hydrogens (tertiary/aromatic N) is 5. The number of tetrazole rings is 1. The van der Waals surface area contributed by atoms with Gasteiger partial charge in [0.2, 0.25) is 5.79 Å². The zero-order valence-electron chi connectivity index (χ0n) is 42.5. The maximum Gasteiger partial charge on any atom is 0.329 e. The lowest BCUT2D eigenvalue weighted by molar-refractivity contribution is -0.265. The number of fused-ring (bicyclic) bond motifs is 3. The number of allylic oxidation sites excluding steroid dienone is 6. The van der Waals surface area contributed by atoms with Crippen molar-refractivity contribution in [3.63, 3.8) is 0 Å². The average Bonchev–Trinajstić information content (AvgIpc) is 3.88. The van der Waals surface area contributed by atoms with Crippen LogP contribution in [0.2, 0.25) is 0 Å². The van der Waals surface area contributed by atoms with Crippen LogP contribution in [0.4, 0.5) is 0 Å². The van der Waals surface area contributed by atoms with E-state index < -0.39 is 77.8 Å². The van der Waals surface area contributed by atoms with Crippen molar-refractivity contribution in [1.82, 2.24) is 25.1 Å². The molecule has 17 nitrogen and oxygen atoms in total. The maximum atomic E-state index is 14.5. The van der Waals surface area contributed by atoms with Crippen LogP contribution >= 0.6 is 0 Å². The molecule has 384 valence electrons. The van der Waals surface area contributed by atoms with E-state index in [-0.39, 0.29) is 60.9 Å². The first-order chi connectivity index (χ1) is 32.8. The fourth-order valence-corrected chi connectivity index (χ4v) is 10.7. The van der Waals surface area contributed by atoms with Gasteiger partial charge in [0.05, 0.1) is 30.5 Å². The molecule has 4 heterocycles. The third-order valence-electron chi connectivity index (χ3n) is 15.2. The number of aliphatic hydroxyl groups is 2. The Labute approximate surface area is 408 Å². The van der Waals surface area contributed by atoms with Crippen molar-refractivity contribution in [1.29, 1.82) is 0 Å². The predicted molar refractivity (Wildman–Crippen MR) is 256 cm³/mol. The number of aromatic nitrogens is 4. The third-order valence-corrected chi connectivity index (χ3v) is 15.2. The van der Waals surface area contributed by atoms with Crippen LogP contribution in [0.3, 0.4) is 0 Å². The summed E-state index contributed by atoms with van der Waals surface area (Å²) in [5.41, 5.74) is 1.20. The Morgan fingerprint density at radius 1 is 0.899 bits per heavy atom. The highest BCUT2D eigenvalue weighted by atomic mass is 16.6. The summed E-state index contributed by atoms with van der Waals surface area (Å²) in [6, 6.07) is -1.25. The second kappa shape index (κ2) is 25.7. The van der Waals surface area contributed by atoms with Crippen LogP contribution in [0.5, 0.6) is 0 Å². The molecule has 2 N–H and O–H groups in total. The summed E-state index contributed by atoms with van der Waals surface area (Å²) in [5.74, 6) is -7.91. The number of rotatable bonds is 7. The molecule has 2 bridgehead atoms. The van der Waals surface area contributed by atoms with E-state index in [0.717, 1.165) is 18.4 Å². The van der Waals surface area contributed by atoms with Crippen molar-refractivity contribution in [2.45, 2.75) is 180 Å². The number of esters is 1. The van der Waals surface area contributed by atoms with Crippen LogP contribution in [0, 0.1) is 35.5 Å². The molecule has 15 atom stereocenters. The van der Waals surface area contributed by atoms with E-state index in [4.69, 9.17) is 23.7 Å². The number of Topliss-reactive ketones (excluding diaryl/α,β-unsaturated/α-hetero) is 3. The highest BCUT2D eigenvalue weighted by Gasteiger charge is 2.53. The quantitative estimate of drug-likeness (QED) is 0.235. The van der Waals surface area contributed by atoms with Crippen molar-refractivity contribution in [2.24, 2.45) is 35.5 Å². The van der Waals surface area contributed by atoms with Crippen molar-refractivity contribution in [3.8, 4) is 0 Å². The predicted octanol–water partition coefficient (Wildman–Crippen LogP) is 6.05. The molecule has 0 aromatic carbocycles. The summed E-state index contributed by atoms with van der Waals surface area (Å²) >= 11 is 0. The monoisotopic (exact) mass is 966 g/mol. The first-order valence-corrected chi connectivity index (χ1v) is 25.0. The fraction of sp³-hybridized carbons (Fsp3) is 0.731. The number of amides is 1. The van der Waals surface area contributed by atoms with Gasteiger partial charge in [0, 0.05) is 58.5 Å². The van der Waals surface area contributed by atoms with Gasteiger partial charge in [-0.3, -0.25) is 19.2 Å². The van der Waals surface area contributed by atoms with E-state index in [9.17, 15) is 34.2 Å². The molecule has 1 aliphatic carbocycles.